The second kappa shape index (κ2) is 16.5. The minimum atomic E-state index is -0.807. The minimum absolute atomic E-state index is 0.0160. The van der Waals surface area contributed by atoms with Crippen molar-refractivity contribution < 1.29 is 19.1 Å². The average molecular weight is 546 g/mol. The molecule has 1 aromatic carbocycles. The fraction of sp³-hybridized carbons (Fsp3) is 0.719. The number of benzene rings is 1. The Balaban J connectivity index is 3.60. The second-order valence-electron chi connectivity index (χ2n) is 12.3. The Kier molecular flexibility index (Phi) is 14.6. The van der Waals surface area contributed by atoms with Crippen LogP contribution < -0.4 is 10.6 Å². The largest absolute Gasteiger partial charge is 0.444 e. The van der Waals surface area contributed by atoms with Crippen LogP contribution in [0.2, 0.25) is 0 Å². The number of carbonyl (C=O) groups excluding carboxylic acids is 3. The van der Waals surface area contributed by atoms with Gasteiger partial charge in [0.05, 0.1) is 0 Å². The second-order valence-corrected chi connectivity index (χ2v) is 12.3. The highest BCUT2D eigenvalue weighted by atomic mass is 16.6. The van der Waals surface area contributed by atoms with Crippen LogP contribution >= 0.6 is 0 Å². The molecule has 3 atom stereocenters. The lowest BCUT2D eigenvalue weighted by Crippen LogP contribution is -2.54. The van der Waals surface area contributed by atoms with Crippen molar-refractivity contribution in [3.05, 3.63) is 34.9 Å². The Morgan fingerprint density at radius 3 is 2.05 bits per heavy atom. The Bertz CT molecular complexity index is 902. The molecule has 0 radical (unpaired) electrons. The molecule has 0 aromatic heterocycles. The normalized spacial score (nSPS) is 13.9. The van der Waals surface area contributed by atoms with Gasteiger partial charge >= 0.3 is 6.09 Å². The SMILES string of the molecule is CCCCCCN(C(=O)C(CC(C)C)NC(=O)OC(C)(C)C)C(C(=O)NC(C)CCC)c1c(C)cccc1C. The molecule has 0 saturated carbocycles. The molecule has 0 aliphatic rings. The van der Waals surface area contributed by atoms with Crippen molar-refractivity contribution in [1.82, 2.24) is 15.5 Å². The van der Waals surface area contributed by atoms with E-state index in [0.717, 1.165) is 55.2 Å². The van der Waals surface area contributed by atoms with Crippen LogP contribution in [0.3, 0.4) is 0 Å². The van der Waals surface area contributed by atoms with E-state index >= 15 is 0 Å². The molecule has 222 valence electrons. The van der Waals surface area contributed by atoms with Crippen molar-refractivity contribution in [2.24, 2.45) is 5.92 Å². The fourth-order valence-electron chi connectivity index (χ4n) is 4.93. The smallest absolute Gasteiger partial charge is 0.408 e. The van der Waals surface area contributed by atoms with Crippen LogP contribution in [0.1, 0.15) is 123 Å². The molecular formula is C32H55N3O4. The number of alkyl carbamates (subject to hydrolysis) is 1. The summed E-state index contributed by atoms with van der Waals surface area (Å²) in [5, 5.41) is 6.02. The third-order valence-electron chi connectivity index (χ3n) is 6.72. The van der Waals surface area contributed by atoms with Crippen molar-refractivity contribution in [3.8, 4) is 0 Å². The highest BCUT2D eigenvalue weighted by molar-refractivity contribution is 5.92. The molecule has 0 heterocycles. The van der Waals surface area contributed by atoms with Gasteiger partial charge in [0.1, 0.15) is 17.7 Å². The summed E-state index contributed by atoms with van der Waals surface area (Å²) in [6.07, 6.45) is 5.48. The highest BCUT2D eigenvalue weighted by Gasteiger charge is 2.37. The zero-order valence-corrected chi connectivity index (χ0v) is 26.3. The molecule has 39 heavy (non-hydrogen) atoms. The lowest BCUT2D eigenvalue weighted by molar-refractivity contribution is -0.143. The van der Waals surface area contributed by atoms with E-state index in [4.69, 9.17) is 4.74 Å². The molecule has 7 heteroatoms. The number of aryl methyl sites for hydroxylation is 2. The molecule has 7 nitrogen and oxygen atoms in total. The number of nitrogens with zero attached hydrogens (tertiary/aromatic N) is 1. The van der Waals surface area contributed by atoms with Crippen molar-refractivity contribution in [2.75, 3.05) is 6.54 Å². The summed E-state index contributed by atoms with van der Waals surface area (Å²) < 4.78 is 5.50. The van der Waals surface area contributed by atoms with E-state index in [1.807, 2.05) is 52.8 Å². The van der Waals surface area contributed by atoms with E-state index in [1.54, 1.807) is 25.7 Å². The number of amides is 3. The topological polar surface area (TPSA) is 87.7 Å². The Labute approximate surface area is 237 Å². The number of unbranched alkanes of at least 4 members (excludes halogenated alkanes) is 3. The number of ether oxygens (including phenoxy) is 1. The van der Waals surface area contributed by atoms with Crippen molar-refractivity contribution in [3.63, 3.8) is 0 Å². The molecule has 1 rings (SSSR count). The monoisotopic (exact) mass is 545 g/mol. The number of rotatable bonds is 15. The zero-order chi connectivity index (χ0) is 29.8. The van der Waals surface area contributed by atoms with Gasteiger partial charge in [-0.25, -0.2) is 4.79 Å². The molecule has 0 saturated heterocycles. The maximum atomic E-state index is 14.4. The van der Waals surface area contributed by atoms with E-state index in [0.29, 0.717) is 13.0 Å². The molecule has 0 bridgehead atoms. The zero-order valence-electron chi connectivity index (χ0n) is 26.3. The van der Waals surface area contributed by atoms with Crippen molar-refractivity contribution >= 4 is 17.9 Å². The first-order valence-electron chi connectivity index (χ1n) is 14.9. The maximum absolute atomic E-state index is 14.4. The molecule has 0 fully saturated rings. The lowest BCUT2D eigenvalue weighted by atomic mass is 9.92. The van der Waals surface area contributed by atoms with Crippen LogP contribution in [0.25, 0.3) is 0 Å². The predicted molar refractivity (Wildman–Crippen MR) is 160 cm³/mol. The van der Waals surface area contributed by atoms with Crippen LogP contribution in [-0.2, 0) is 14.3 Å². The van der Waals surface area contributed by atoms with Gasteiger partial charge in [-0.1, -0.05) is 71.6 Å². The molecule has 0 aliphatic heterocycles. The van der Waals surface area contributed by atoms with Crippen molar-refractivity contribution in [1.29, 1.82) is 0 Å². The molecule has 0 spiro atoms. The van der Waals surface area contributed by atoms with E-state index in [1.165, 1.54) is 0 Å². The molecule has 3 unspecified atom stereocenters. The summed E-state index contributed by atoms with van der Waals surface area (Å²) in [5.74, 6) is -0.289. The first-order chi connectivity index (χ1) is 18.2. The Hall–Kier alpha value is -2.57. The third-order valence-corrected chi connectivity index (χ3v) is 6.72. The van der Waals surface area contributed by atoms with Gasteiger partial charge in [-0.15, -0.1) is 0 Å². The van der Waals surface area contributed by atoms with Gasteiger partial charge in [-0.3, -0.25) is 9.59 Å². The summed E-state index contributed by atoms with van der Waals surface area (Å²) in [6.45, 7) is 20.1. The summed E-state index contributed by atoms with van der Waals surface area (Å²) in [7, 11) is 0. The average Bonchev–Trinajstić information content (AvgIpc) is 2.80. The first-order valence-corrected chi connectivity index (χ1v) is 14.9. The van der Waals surface area contributed by atoms with Crippen molar-refractivity contribution in [2.45, 2.75) is 138 Å². The fourth-order valence-corrected chi connectivity index (χ4v) is 4.93. The van der Waals surface area contributed by atoms with E-state index < -0.39 is 23.8 Å². The Morgan fingerprint density at radius 2 is 1.54 bits per heavy atom. The number of hydrogen-bond donors (Lipinski definition) is 2. The quantitative estimate of drug-likeness (QED) is 0.232. The summed E-state index contributed by atoms with van der Waals surface area (Å²) in [5.41, 5.74) is 2.09. The first kappa shape index (κ1) is 34.5. The van der Waals surface area contributed by atoms with Crippen LogP contribution in [0.15, 0.2) is 18.2 Å². The maximum Gasteiger partial charge on any atom is 0.408 e. The summed E-state index contributed by atoms with van der Waals surface area (Å²) in [6, 6.07) is 4.33. The number of nitrogens with one attached hydrogen (secondary N) is 2. The van der Waals surface area contributed by atoms with Gasteiger partial charge in [-0.2, -0.15) is 0 Å². The Morgan fingerprint density at radius 1 is 0.923 bits per heavy atom. The van der Waals surface area contributed by atoms with Gasteiger partial charge in [0, 0.05) is 12.6 Å². The number of carbonyl (C=O) groups is 3. The number of hydrogen-bond acceptors (Lipinski definition) is 4. The van der Waals surface area contributed by atoms with Gasteiger partial charge in [0.2, 0.25) is 11.8 Å². The lowest BCUT2D eigenvalue weighted by Gasteiger charge is -2.36. The molecular weight excluding hydrogens is 490 g/mol. The molecule has 2 N–H and O–H groups in total. The predicted octanol–water partition coefficient (Wildman–Crippen LogP) is 7.00. The van der Waals surface area contributed by atoms with Gasteiger partial charge in [0.25, 0.3) is 0 Å². The van der Waals surface area contributed by atoms with E-state index in [9.17, 15) is 14.4 Å². The van der Waals surface area contributed by atoms with Gasteiger partial charge in [-0.05, 0) is 83.4 Å². The van der Waals surface area contributed by atoms with Crippen LogP contribution in [0.4, 0.5) is 4.79 Å². The van der Waals surface area contributed by atoms with E-state index in [2.05, 4.69) is 24.5 Å². The molecule has 0 aliphatic carbocycles. The minimum Gasteiger partial charge on any atom is -0.444 e. The summed E-state index contributed by atoms with van der Waals surface area (Å²) in [4.78, 5) is 42.9. The van der Waals surface area contributed by atoms with Crippen LogP contribution in [0.5, 0.6) is 0 Å². The van der Waals surface area contributed by atoms with Crippen LogP contribution in [0, 0.1) is 19.8 Å². The van der Waals surface area contributed by atoms with Gasteiger partial charge in [0.15, 0.2) is 0 Å². The standard InChI is InChI=1S/C32H55N3O4/c1-11-13-14-15-20-35(30(37)26(21-22(3)4)34-31(38)39-32(8,9)10)28(29(36)33-25(7)17-12-2)27-23(5)18-16-19-24(27)6/h16,18-19,22,25-26,28H,11-15,17,20-21H2,1-10H3,(H,33,36)(H,34,38). The summed E-state index contributed by atoms with van der Waals surface area (Å²) >= 11 is 0. The molecule has 3 amide bonds. The highest BCUT2D eigenvalue weighted by Crippen LogP contribution is 2.30. The van der Waals surface area contributed by atoms with Crippen LogP contribution in [-0.4, -0.2) is 47.0 Å². The van der Waals surface area contributed by atoms with Gasteiger partial charge < -0.3 is 20.3 Å². The third kappa shape index (κ3) is 12.0. The van der Waals surface area contributed by atoms with E-state index in [-0.39, 0.29) is 23.8 Å². The molecule has 1 aromatic rings.